The lowest BCUT2D eigenvalue weighted by molar-refractivity contribution is -0.140. The zero-order valence-electron chi connectivity index (χ0n) is 22.2. The molecule has 4 aliphatic rings. The first kappa shape index (κ1) is 27.9. The Morgan fingerprint density at radius 2 is 1.90 bits per heavy atom. The van der Waals surface area contributed by atoms with Gasteiger partial charge in [0.05, 0.1) is 17.0 Å². The van der Waals surface area contributed by atoms with Gasteiger partial charge in [-0.3, -0.25) is 19.7 Å². The summed E-state index contributed by atoms with van der Waals surface area (Å²) < 4.78 is 15.9. The van der Waals surface area contributed by atoms with E-state index in [0.717, 1.165) is 24.8 Å². The average molecular weight is 599 g/mol. The van der Waals surface area contributed by atoms with E-state index in [1.54, 1.807) is 42.5 Å². The third-order valence-electron chi connectivity index (χ3n) is 9.27. The van der Waals surface area contributed by atoms with Crippen LogP contribution in [0, 0.1) is 11.7 Å². The zero-order chi connectivity index (χ0) is 28.9. The minimum atomic E-state index is -1.29. The van der Waals surface area contributed by atoms with Gasteiger partial charge in [0.25, 0.3) is 0 Å². The number of amides is 2. The van der Waals surface area contributed by atoms with Gasteiger partial charge in [0.2, 0.25) is 11.8 Å². The number of halogens is 3. The molecule has 10 heteroatoms. The van der Waals surface area contributed by atoms with E-state index in [-0.39, 0.29) is 28.9 Å². The van der Waals surface area contributed by atoms with Crippen molar-refractivity contribution in [2.75, 3.05) is 11.9 Å². The second kappa shape index (κ2) is 10.6. The van der Waals surface area contributed by atoms with E-state index in [0.29, 0.717) is 35.5 Å². The topological polar surface area (TPSA) is 108 Å². The van der Waals surface area contributed by atoms with Gasteiger partial charge in [-0.15, -0.1) is 0 Å². The molecule has 2 spiro atoms. The second-order valence-electron chi connectivity index (χ2n) is 11.4. The van der Waals surface area contributed by atoms with Crippen molar-refractivity contribution in [1.82, 2.24) is 10.6 Å². The van der Waals surface area contributed by atoms with Gasteiger partial charge < -0.3 is 15.7 Å². The highest BCUT2D eigenvalue weighted by Gasteiger charge is 2.72. The Morgan fingerprint density at radius 1 is 1.12 bits per heavy atom. The number of fused-ring (bicyclic) bond motifs is 3. The molecular formula is C31H30Cl2FN3O4. The number of allylic oxidation sites excluding steroid dienone is 1. The molecule has 2 aromatic carbocycles. The largest absolute Gasteiger partial charge is 0.481 e. The summed E-state index contributed by atoms with van der Waals surface area (Å²) in [5.74, 6) is -3.72. The second-order valence-corrected chi connectivity index (χ2v) is 12.2. The third-order valence-corrected chi connectivity index (χ3v) is 9.79. The number of anilines is 1. The van der Waals surface area contributed by atoms with Gasteiger partial charge in [-0.05, 0) is 54.2 Å². The maximum absolute atomic E-state index is 15.9. The van der Waals surface area contributed by atoms with Crippen molar-refractivity contribution in [3.63, 3.8) is 0 Å². The van der Waals surface area contributed by atoms with Crippen LogP contribution in [0.1, 0.15) is 55.6 Å². The van der Waals surface area contributed by atoms with Crippen LogP contribution in [0.2, 0.25) is 10.0 Å². The zero-order valence-corrected chi connectivity index (χ0v) is 23.7. The minimum absolute atomic E-state index is 0.0818. The quantitative estimate of drug-likeness (QED) is 0.365. The number of carboxylic acid groups (broad SMARTS) is 1. The molecule has 214 valence electrons. The Hall–Kier alpha value is -3.20. The Bertz CT molecular complexity index is 1500. The lowest BCUT2D eigenvalue weighted by atomic mass is 9.55. The molecule has 41 heavy (non-hydrogen) atoms. The number of rotatable bonds is 5. The molecule has 0 radical (unpaired) electrons. The van der Waals surface area contributed by atoms with Crippen LogP contribution in [0.15, 0.2) is 60.2 Å². The van der Waals surface area contributed by atoms with Crippen molar-refractivity contribution < 1.29 is 23.9 Å². The van der Waals surface area contributed by atoms with Crippen molar-refractivity contribution in [3.8, 4) is 0 Å². The fourth-order valence-corrected chi connectivity index (χ4v) is 7.85. The molecule has 1 saturated heterocycles. The first-order valence-electron chi connectivity index (χ1n) is 13.9. The molecule has 2 aliphatic carbocycles. The number of aliphatic carboxylic acids is 1. The summed E-state index contributed by atoms with van der Waals surface area (Å²) in [5, 5.41) is 19.2. The first-order valence-corrected chi connectivity index (χ1v) is 14.6. The van der Waals surface area contributed by atoms with Crippen LogP contribution < -0.4 is 16.0 Å². The van der Waals surface area contributed by atoms with Crippen molar-refractivity contribution in [3.05, 3.63) is 87.2 Å². The van der Waals surface area contributed by atoms with E-state index in [2.05, 4.69) is 16.0 Å². The molecular weight excluding hydrogens is 568 g/mol. The van der Waals surface area contributed by atoms with Crippen molar-refractivity contribution >= 4 is 46.7 Å². The summed E-state index contributed by atoms with van der Waals surface area (Å²) in [6, 6.07) is 9.00. The summed E-state index contributed by atoms with van der Waals surface area (Å²) >= 11 is 12.6. The van der Waals surface area contributed by atoms with Crippen LogP contribution in [0.3, 0.4) is 0 Å². The van der Waals surface area contributed by atoms with E-state index < -0.39 is 40.6 Å². The average Bonchev–Trinajstić information content (AvgIpc) is 3.41. The van der Waals surface area contributed by atoms with Gasteiger partial charge in [-0.2, -0.15) is 0 Å². The molecule has 2 amide bonds. The van der Waals surface area contributed by atoms with Crippen molar-refractivity contribution in [2.24, 2.45) is 5.92 Å². The monoisotopic (exact) mass is 597 g/mol. The third kappa shape index (κ3) is 4.39. The van der Waals surface area contributed by atoms with Crippen molar-refractivity contribution in [1.29, 1.82) is 0 Å². The molecule has 7 nitrogen and oxygen atoms in total. The van der Waals surface area contributed by atoms with Gasteiger partial charge in [-0.1, -0.05) is 78.9 Å². The van der Waals surface area contributed by atoms with Crippen LogP contribution in [-0.4, -0.2) is 41.0 Å². The Kier molecular flexibility index (Phi) is 7.20. The van der Waals surface area contributed by atoms with Crippen LogP contribution in [0.5, 0.6) is 0 Å². The van der Waals surface area contributed by atoms with Crippen LogP contribution in [0.4, 0.5) is 10.1 Å². The predicted molar refractivity (Wildman–Crippen MR) is 155 cm³/mol. The number of carboxylic acids is 1. The predicted octanol–water partition coefficient (Wildman–Crippen LogP) is 5.48. The van der Waals surface area contributed by atoms with E-state index in [1.165, 1.54) is 6.07 Å². The minimum Gasteiger partial charge on any atom is -0.481 e. The fourth-order valence-electron chi connectivity index (χ4n) is 7.50. The molecule has 0 aromatic heterocycles. The normalized spacial score (nSPS) is 27.9. The highest BCUT2D eigenvalue weighted by Crippen LogP contribution is 2.62. The number of hydrogen-bond donors (Lipinski definition) is 4. The maximum atomic E-state index is 15.9. The summed E-state index contributed by atoms with van der Waals surface area (Å²) in [6.07, 6.45) is 9.42. The van der Waals surface area contributed by atoms with Crippen LogP contribution in [0.25, 0.3) is 0 Å². The number of carbonyl (C=O) groups is 3. The summed E-state index contributed by atoms with van der Waals surface area (Å²) in [4.78, 5) is 39.7. The molecule has 2 heterocycles. The Morgan fingerprint density at radius 3 is 2.61 bits per heavy atom. The van der Waals surface area contributed by atoms with Crippen LogP contribution in [-0.2, 0) is 19.8 Å². The van der Waals surface area contributed by atoms with E-state index >= 15 is 4.39 Å². The van der Waals surface area contributed by atoms with E-state index in [1.807, 2.05) is 6.07 Å². The van der Waals surface area contributed by atoms with E-state index in [9.17, 15) is 19.5 Å². The molecule has 1 saturated carbocycles. The van der Waals surface area contributed by atoms with Gasteiger partial charge in [0.15, 0.2) is 0 Å². The molecule has 2 aromatic rings. The lowest BCUT2D eigenvalue weighted by Crippen LogP contribution is -2.60. The Balaban J connectivity index is 1.45. The fraction of sp³-hybridized carbons (Fsp3) is 0.387. The Labute approximate surface area is 247 Å². The molecule has 4 atom stereocenters. The smallest absolute Gasteiger partial charge is 0.310 e. The molecule has 4 N–H and O–H groups in total. The summed E-state index contributed by atoms with van der Waals surface area (Å²) in [5.41, 5.74) is 0.132. The SMILES string of the molecule is O=C(O)C1C=CC(CNC(=O)[C@@H]2NC3(CCCCC3)[C@@]3(C(=O)Nc4cc(Cl)ccc43)[C@H]2c2cccc(Cl)c2F)=CC1. The summed E-state index contributed by atoms with van der Waals surface area (Å²) in [6.45, 7) is 0.170. The maximum Gasteiger partial charge on any atom is 0.310 e. The van der Waals surface area contributed by atoms with Gasteiger partial charge in [0, 0.05) is 28.7 Å². The molecule has 6 rings (SSSR count). The number of nitrogens with one attached hydrogen (secondary N) is 3. The number of hydrogen-bond acceptors (Lipinski definition) is 4. The first-order chi connectivity index (χ1) is 19.7. The van der Waals surface area contributed by atoms with Gasteiger partial charge in [0.1, 0.15) is 11.2 Å². The van der Waals surface area contributed by atoms with Crippen LogP contribution >= 0.6 is 23.2 Å². The molecule has 1 unspecified atom stereocenters. The highest BCUT2D eigenvalue weighted by atomic mass is 35.5. The lowest BCUT2D eigenvalue weighted by Gasteiger charge is -2.47. The number of carbonyl (C=O) groups excluding carboxylic acids is 2. The molecule has 2 aliphatic heterocycles. The molecule has 2 fully saturated rings. The standard InChI is InChI=1S/C31H30Cl2FN3O4/c32-19-11-12-21-23(15-19)36-29(41)31(21)24(20-5-4-6-22(33)25(20)34)26(37-30(31)13-2-1-3-14-30)27(38)35-16-17-7-9-18(10-8-17)28(39)40/h4-9,11-12,15,18,24,26,37H,1-3,10,13-14,16H2,(H,35,38)(H,36,41)(H,39,40)/t18?,24-,26+,31+/m0/s1. The van der Waals surface area contributed by atoms with Gasteiger partial charge >= 0.3 is 5.97 Å². The van der Waals surface area contributed by atoms with E-state index in [4.69, 9.17) is 23.2 Å². The van der Waals surface area contributed by atoms with Gasteiger partial charge in [-0.25, -0.2) is 4.39 Å². The van der Waals surface area contributed by atoms with Crippen molar-refractivity contribution in [2.45, 2.75) is 61.4 Å². The summed E-state index contributed by atoms with van der Waals surface area (Å²) in [7, 11) is 0. The number of benzene rings is 2. The highest BCUT2D eigenvalue weighted by molar-refractivity contribution is 6.31. The molecule has 0 bridgehead atoms.